The van der Waals surface area contributed by atoms with Crippen LogP contribution in [0, 0.1) is 13.8 Å². The van der Waals surface area contributed by atoms with Gasteiger partial charge in [-0.1, -0.05) is 30.3 Å². The van der Waals surface area contributed by atoms with E-state index in [4.69, 9.17) is 9.47 Å². The molecule has 0 N–H and O–H groups in total. The quantitative estimate of drug-likeness (QED) is 0.271. The number of hydrogen-bond acceptors (Lipinski definition) is 5. The first-order chi connectivity index (χ1) is 17.6. The first kappa shape index (κ1) is 26.2. The van der Waals surface area contributed by atoms with Crippen LogP contribution in [-0.2, 0) is 6.54 Å². The van der Waals surface area contributed by atoms with Crippen LogP contribution in [0.15, 0.2) is 60.9 Å². The van der Waals surface area contributed by atoms with Gasteiger partial charge in [-0.25, -0.2) is 0 Å². The molecule has 0 amide bonds. The van der Waals surface area contributed by atoms with Crippen molar-refractivity contribution >= 4 is 0 Å². The van der Waals surface area contributed by atoms with Gasteiger partial charge in [0.1, 0.15) is 11.5 Å². The van der Waals surface area contributed by atoms with Crippen LogP contribution in [0.2, 0.25) is 0 Å². The summed E-state index contributed by atoms with van der Waals surface area (Å²) < 4.78 is 12.4. The van der Waals surface area contributed by atoms with Gasteiger partial charge in [0.25, 0.3) is 0 Å². The van der Waals surface area contributed by atoms with Crippen molar-refractivity contribution < 1.29 is 9.47 Å². The fourth-order valence-corrected chi connectivity index (χ4v) is 5.00. The highest BCUT2D eigenvalue weighted by Gasteiger charge is 2.14. The van der Waals surface area contributed by atoms with Crippen LogP contribution in [0.4, 0.5) is 0 Å². The Bertz CT molecular complexity index is 1080. The summed E-state index contributed by atoms with van der Waals surface area (Å²) in [4.78, 5) is 9.05. The van der Waals surface area contributed by atoms with Gasteiger partial charge in [0.15, 0.2) is 0 Å². The van der Waals surface area contributed by atoms with Crippen molar-refractivity contribution in [2.45, 2.75) is 46.1 Å². The summed E-state index contributed by atoms with van der Waals surface area (Å²) in [5.74, 6) is 1.94. The van der Waals surface area contributed by atoms with E-state index in [0.29, 0.717) is 6.61 Å². The van der Waals surface area contributed by atoms with E-state index in [0.717, 1.165) is 50.6 Å². The van der Waals surface area contributed by atoms with Crippen molar-refractivity contribution in [3.63, 3.8) is 0 Å². The first-order valence-corrected chi connectivity index (χ1v) is 13.4. The minimum atomic E-state index is 0.695. The average molecular weight is 488 g/mol. The van der Waals surface area contributed by atoms with E-state index in [2.05, 4.69) is 78.1 Å². The molecular weight excluding hydrogens is 446 g/mol. The number of ether oxygens (including phenoxy) is 2. The van der Waals surface area contributed by atoms with Crippen molar-refractivity contribution in [3.05, 3.63) is 77.6 Å². The summed E-state index contributed by atoms with van der Waals surface area (Å²) >= 11 is 0. The Labute approximate surface area is 217 Å². The van der Waals surface area contributed by atoms with Crippen molar-refractivity contribution in [2.75, 3.05) is 46.4 Å². The van der Waals surface area contributed by atoms with E-state index in [1.54, 1.807) is 0 Å². The molecule has 1 fully saturated rings. The Morgan fingerprint density at radius 2 is 1.47 bits per heavy atom. The van der Waals surface area contributed by atoms with Gasteiger partial charge in [-0.05, 0) is 106 Å². The fraction of sp³-hybridized carbons (Fsp3) is 0.452. The van der Waals surface area contributed by atoms with E-state index in [-0.39, 0.29) is 0 Å². The maximum atomic E-state index is 6.22. The van der Waals surface area contributed by atoms with E-state index in [1.165, 1.54) is 53.7 Å². The minimum Gasteiger partial charge on any atom is -0.493 e. The molecule has 2 aromatic carbocycles. The molecule has 1 aliphatic heterocycles. The summed E-state index contributed by atoms with van der Waals surface area (Å²) in [6.07, 6.45) is 8.47. The lowest BCUT2D eigenvalue weighted by Gasteiger charge is -2.19. The number of pyridine rings is 1. The molecule has 0 unspecified atom stereocenters. The van der Waals surface area contributed by atoms with Gasteiger partial charge in [0.05, 0.1) is 13.2 Å². The second-order valence-electron chi connectivity index (χ2n) is 9.91. The maximum Gasteiger partial charge on any atom is 0.122 e. The Morgan fingerprint density at radius 3 is 2.08 bits per heavy atom. The average Bonchev–Trinajstić information content (AvgIpc) is 3.41. The predicted octanol–water partition coefficient (Wildman–Crippen LogP) is 6.13. The molecule has 1 aliphatic rings. The van der Waals surface area contributed by atoms with E-state index < -0.39 is 0 Å². The van der Waals surface area contributed by atoms with Gasteiger partial charge >= 0.3 is 0 Å². The highest BCUT2D eigenvalue weighted by Crippen LogP contribution is 2.35. The topological polar surface area (TPSA) is 37.8 Å². The highest BCUT2D eigenvalue weighted by atomic mass is 16.5. The molecule has 0 saturated carbocycles. The Kier molecular flexibility index (Phi) is 9.76. The van der Waals surface area contributed by atoms with Crippen molar-refractivity contribution in [2.24, 2.45) is 0 Å². The molecule has 0 spiro atoms. The predicted molar refractivity (Wildman–Crippen MR) is 148 cm³/mol. The number of rotatable bonds is 13. The third-order valence-electron chi connectivity index (χ3n) is 7.05. The number of likely N-dealkylation sites (tertiary alicyclic amines) is 1. The van der Waals surface area contributed by atoms with E-state index >= 15 is 0 Å². The highest BCUT2D eigenvalue weighted by molar-refractivity contribution is 5.74. The van der Waals surface area contributed by atoms with Crippen LogP contribution >= 0.6 is 0 Å². The van der Waals surface area contributed by atoms with Crippen LogP contribution in [0.1, 0.15) is 42.4 Å². The number of hydrogen-bond donors (Lipinski definition) is 0. The maximum absolute atomic E-state index is 6.22. The molecule has 3 aromatic rings. The third-order valence-corrected chi connectivity index (χ3v) is 7.05. The van der Waals surface area contributed by atoms with Crippen LogP contribution in [0.5, 0.6) is 11.5 Å². The van der Waals surface area contributed by atoms with Crippen molar-refractivity contribution in [3.8, 4) is 22.6 Å². The smallest absolute Gasteiger partial charge is 0.122 e. The van der Waals surface area contributed by atoms with Gasteiger partial charge < -0.3 is 19.3 Å². The van der Waals surface area contributed by atoms with Gasteiger partial charge in [0.2, 0.25) is 0 Å². The minimum absolute atomic E-state index is 0.695. The number of benzene rings is 2. The van der Waals surface area contributed by atoms with Crippen LogP contribution in [-0.4, -0.2) is 61.2 Å². The summed E-state index contributed by atoms with van der Waals surface area (Å²) in [6.45, 7) is 11.3. The second kappa shape index (κ2) is 13.4. The third kappa shape index (κ3) is 7.31. The summed E-state index contributed by atoms with van der Waals surface area (Å²) in [5, 5.41) is 0. The lowest BCUT2D eigenvalue weighted by atomic mass is 9.95. The molecule has 4 rings (SSSR count). The Morgan fingerprint density at radius 1 is 0.833 bits per heavy atom. The van der Waals surface area contributed by atoms with E-state index in [1.807, 2.05) is 18.5 Å². The second-order valence-corrected chi connectivity index (χ2v) is 9.91. The first-order valence-electron chi connectivity index (χ1n) is 13.4. The number of aromatic nitrogens is 1. The van der Waals surface area contributed by atoms with Crippen molar-refractivity contribution in [1.82, 2.24) is 14.8 Å². The summed E-state index contributed by atoms with van der Waals surface area (Å²) in [5.41, 5.74) is 6.02. The number of nitrogens with zero attached hydrogens (tertiary/aromatic N) is 3. The molecule has 1 aromatic heterocycles. The molecule has 2 heterocycles. The summed E-state index contributed by atoms with van der Waals surface area (Å²) in [6, 6.07) is 16.8. The zero-order valence-corrected chi connectivity index (χ0v) is 22.2. The van der Waals surface area contributed by atoms with E-state index in [9.17, 15) is 0 Å². The lowest BCUT2D eigenvalue weighted by Crippen LogP contribution is -2.22. The molecule has 0 radical (unpaired) electrons. The van der Waals surface area contributed by atoms with Gasteiger partial charge in [0, 0.05) is 32.0 Å². The molecule has 36 heavy (non-hydrogen) atoms. The van der Waals surface area contributed by atoms with Gasteiger partial charge in [-0.2, -0.15) is 0 Å². The molecule has 0 atom stereocenters. The largest absolute Gasteiger partial charge is 0.493 e. The molecule has 5 nitrogen and oxygen atoms in total. The molecule has 1 saturated heterocycles. The lowest BCUT2D eigenvalue weighted by molar-refractivity contribution is 0.258. The molecular formula is C31H41N3O2. The van der Waals surface area contributed by atoms with Crippen LogP contribution < -0.4 is 9.47 Å². The molecule has 5 heteroatoms. The molecule has 192 valence electrons. The fourth-order valence-electron chi connectivity index (χ4n) is 5.00. The van der Waals surface area contributed by atoms with Crippen molar-refractivity contribution in [1.29, 1.82) is 0 Å². The summed E-state index contributed by atoms with van der Waals surface area (Å²) in [7, 11) is 2.14. The molecule has 0 aliphatic carbocycles. The van der Waals surface area contributed by atoms with Crippen LogP contribution in [0.3, 0.4) is 0 Å². The van der Waals surface area contributed by atoms with Gasteiger partial charge in [-0.3, -0.25) is 4.98 Å². The Balaban J connectivity index is 1.30. The molecule has 0 bridgehead atoms. The van der Waals surface area contributed by atoms with Gasteiger partial charge in [-0.15, -0.1) is 0 Å². The SMILES string of the molecule is Cc1c(OCCCN(C)Cc2cccnc2)cccc1-c1cccc(OCCCN2CCCC2)c1C. The Hall–Kier alpha value is -2.89. The zero-order chi connectivity index (χ0) is 25.2. The zero-order valence-electron chi connectivity index (χ0n) is 22.2. The van der Waals surface area contributed by atoms with Crippen LogP contribution in [0.25, 0.3) is 11.1 Å². The normalized spacial score (nSPS) is 13.9. The monoisotopic (exact) mass is 487 g/mol. The standard InChI is InChI=1S/C31H41N3O2/c1-25-28(29-13-7-15-31(26(29)2)36-22-10-20-34-18-4-5-19-34)12-6-14-30(25)35-21-9-17-33(3)24-27-11-8-16-32-23-27/h6-8,11-16,23H,4-5,9-10,17-22,24H2,1-3H3.